The summed E-state index contributed by atoms with van der Waals surface area (Å²) in [6, 6.07) is 11.0. The summed E-state index contributed by atoms with van der Waals surface area (Å²) in [7, 11) is 0. The first kappa shape index (κ1) is 15.3. The molecule has 1 heterocycles. The van der Waals surface area contributed by atoms with Gasteiger partial charge in [-0.25, -0.2) is 4.98 Å². The SMILES string of the molecule is CCCc1cc(C(=O)Nc2ccccc2I)cc(Cl)n1. The fraction of sp³-hybridized carbons (Fsp3) is 0.200. The normalized spacial score (nSPS) is 10.3. The van der Waals surface area contributed by atoms with Crippen LogP contribution in [0.3, 0.4) is 0 Å². The van der Waals surface area contributed by atoms with Crippen LogP contribution in [0.1, 0.15) is 29.4 Å². The van der Waals surface area contributed by atoms with E-state index in [1.165, 1.54) is 0 Å². The number of hydrogen-bond donors (Lipinski definition) is 1. The fourth-order valence-electron chi connectivity index (χ4n) is 1.82. The average molecular weight is 401 g/mol. The second-order valence-electron chi connectivity index (χ2n) is 4.35. The Morgan fingerprint density at radius 2 is 2.10 bits per heavy atom. The molecule has 1 aromatic carbocycles. The number of aromatic nitrogens is 1. The van der Waals surface area contributed by atoms with Crippen molar-refractivity contribution < 1.29 is 4.79 Å². The number of nitrogens with zero attached hydrogens (tertiary/aromatic N) is 1. The molecule has 0 aliphatic carbocycles. The Bertz CT molecular complexity index is 631. The van der Waals surface area contributed by atoms with Gasteiger partial charge in [0, 0.05) is 14.8 Å². The largest absolute Gasteiger partial charge is 0.321 e. The quantitative estimate of drug-likeness (QED) is 0.604. The van der Waals surface area contributed by atoms with E-state index in [2.05, 4.69) is 39.8 Å². The van der Waals surface area contributed by atoms with Crippen molar-refractivity contribution in [2.75, 3.05) is 5.32 Å². The van der Waals surface area contributed by atoms with Crippen molar-refractivity contribution in [3.8, 4) is 0 Å². The smallest absolute Gasteiger partial charge is 0.255 e. The minimum absolute atomic E-state index is 0.171. The number of para-hydroxylation sites is 1. The van der Waals surface area contributed by atoms with Crippen LogP contribution in [0.15, 0.2) is 36.4 Å². The molecule has 0 bridgehead atoms. The molecule has 0 spiro atoms. The predicted octanol–water partition coefficient (Wildman–Crippen LogP) is 4.54. The van der Waals surface area contributed by atoms with Crippen molar-refractivity contribution in [2.24, 2.45) is 0 Å². The van der Waals surface area contributed by atoms with E-state index < -0.39 is 0 Å². The summed E-state index contributed by atoms with van der Waals surface area (Å²) in [4.78, 5) is 16.5. The van der Waals surface area contributed by atoms with Gasteiger partial charge in [0.2, 0.25) is 0 Å². The molecule has 1 N–H and O–H groups in total. The van der Waals surface area contributed by atoms with Crippen LogP contribution in [0.5, 0.6) is 0 Å². The zero-order valence-electron chi connectivity index (χ0n) is 11.0. The molecule has 104 valence electrons. The molecule has 1 aromatic heterocycles. The number of carbonyl (C=O) groups excluding carboxylic acids is 1. The van der Waals surface area contributed by atoms with Crippen LogP contribution in [0.25, 0.3) is 0 Å². The average Bonchev–Trinajstić information content (AvgIpc) is 2.41. The second-order valence-corrected chi connectivity index (χ2v) is 5.90. The maximum absolute atomic E-state index is 12.3. The van der Waals surface area contributed by atoms with E-state index in [9.17, 15) is 4.79 Å². The molecule has 0 aliphatic heterocycles. The molecule has 0 radical (unpaired) electrons. The predicted molar refractivity (Wildman–Crippen MR) is 90.4 cm³/mol. The Morgan fingerprint density at radius 3 is 2.80 bits per heavy atom. The highest BCUT2D eigenvalue weighted by atomic mass is 127. The highest BCUT2D eigenvalue weighted by Crippen LogP contribution is 2.19. The third-order valence-electron chi connectivity index (χ3n) is 2.74. The maximum Gasteiger partial charge on any atom is 0.255 e. The molecule has 0 atom stereocenters. The van der Waals surface area contributed by atoms with E-state index in [4.69, 9.17) is 11.6 Å². The molecular formula is C15H14ClIN2O. The lowest BCUT2D eigenvalue weighted by Gasteiger charge is -2.08. The molecule has 0 fully saturated rings. The van der Waals surface area contributed by atoms with Gasteiger partial charge in [0.25, 0.3) is 5.91 Å². The van der Waals surface area contributed by atoms with Crippen LogP contribution in [0.2, 0.25) is 5.15 Å². The molecule has 0 aliphatic rings. The van der Waals surface area contributed by atoms with E-state index in [-0.39, 0.29) is 5.91 Å². The molecule has 2 aromatic rings. The fourth-order valence-corrected chi connectivity index (χ4v) is 2.57. The van der Waals surface area contributed by atoms with Crippen molar-refractivity contribution in [1.82, 2.24) is 4.98 Å². The number of halogens is 2. The highest BCUT2D eigenvalue weighted by Gasteiger charge is 2.10. The first-order chi connectivity index (χ1) is 9.60. The summed E-state index contributed by atoms with van der Waals surface area (Å²) in [5, 5.41) is 3.24. The first-order valence-corrected chi connectivity index (χ1v) is 7.78. The number of benzene rings is 1. The lowest BCUT2D eigenvalue weighted by atomic mass is 10.1. The Kier molecular flexibility index (Phi) is 5.37. The van der Waals surface area contributed by atoms with Crippen molar-refractivity contribution in [3.05, 3.63) is 56.4 Å². The summed E-state index contributed by atoms with van der Waals surface area (Å²) in [6.07, 6.45) is 1.77. The van der Waals surface area contributed by atoms with Crippen molar-refractivity contribution in [3.63, 3.8) is 0 Å². The van der Waals surface area contributed by atoms with Crippen LogP contribution in [0, 0.1) is 3.57 Å². The standard InChI is InChI=1S/C15H14ClIN2O/c1-2-5-11-8-10(9-14(16)18-11)15(20)19-13-7-4-3-6-12(13)17/h3-4,6-9H,2,5H2,1H3,(H,19,20). The lowest BCUT2D eigenvalue weighted by molar-refractivity contribution is 0.102. The van der Waals surface area contributed by atoms with E-state index >= 15 is 0 Å². The summed E-state index contributed by atoms with van der Waals surface area (Å²) in [5.41, 5.74) is 2.17. The Morgan fingerprint density at radius 1 is 1.35 bits per heavy atom. The molecule has 20 heavy (non-hydrogen) atoms. The summed E-state index contributed by atoms with van der Waals surface area (Å²) >= 11 is 8.16. The molecule has 0 saturated heterocycles. The summed E-state index contributed by atoms with van der Waals surface area (Å²) in [6.45, 7) is 2.06. The molecule has 2 rings (SSSR count). The number of rotatable bonds is 4. The number of pyridine rings is 1. The topological polar surface area (TPSA) is 42.0 Å². The van der Waals surface area contributed by atoms with Gasteiger partial charge >= 0.3 is 0 Å². The van der Waals surface area contributed by atoms with Crippen molar-refractivity contribution >= 4 is 45.8 Å². The third kappa shape index (κ3) is 3.93. The van der Waals surface area contributed by atoms with Crippen LogP contribution in [-0.2, 0) is 6.42 Å². The zero-order chi connectivity index (χ0) is 14.5. The van der Waals surface area contributed by atoms with Gasteiger partial charge in [-0.2, -0.15) is 0 Å². The molecule has 0 unspecified atom stereocenters. The van der Waals surface area contributed by atoms with Crippen LogP contribution < -0.4 is 5.32 Å². The van der Waals surface area contributed by atoms with Crippen LogP contribution in [-0.4, -0.2) is 10.9 Å². The van der Waals surface area contributed by atoms with E-state index in [0.29, 0.717) is 10.7 Å². The van der Waals surface area contributed by atoms with Crippen LogP contribution in [0.4, 0.5) is 5.69 Å². The number of hydrogen-bond acceptors (Lipinski definition) is 2. The van der Waals surface area contributed by atoms with Crippen molar-refractivity contribution in [2.45, 2.75) is 19.8 Å². The van der Waals surface area contributed by atoms with Gasteiger partial charge < -0.3 is 5.32 Å². The monoisotopic (exact) mass is 400 g/mol. The summed E-state index contributed by atoms with van der Waals surface area (Å²) < 4.78 is 0.993. The molecule has 3 nitrogen and oxygen atoms in total. The van der Waals surface area contributed by atoms with Gasteiger partial charge in [-0.15, -0.1) is 0 Å². The Hall–Kier alpha value is -1.14. The zero-order valence-corrected chi connectivity index (χ0v) is 13.9. The molecule has 0 saturated carbocycles. The number of nitrogens with one attached hydrogen (secondary N) is 1. The molecular weight excluding hydrogens is 387 g/mol. The Balaban J connectivity index is 2.23. The van der Waals surface area contributed by atoms with Gasteiger partial charge in [0.05, 0.1) is 5.69 Å². The highest BCUT2D eigenvalue weighted by molar-refractivity contribution is 14.1. The van der Waals surface area contributed by atoms with Gasteiger partial charge in [-0.05, 0) is 53.3 Å². The number of amides is 1. The van der Waals surface area contributed by atoms with E-state index in [0.717, 1.165) is 27.8 Å². The lowest BCUT2D eigenvalue weighted by Crippen LogP contribution is -2.13. The molecule has 1 amide bonds. The summed E-state index contributed by atoms with van der Waals surface area (Å²) in [5.74, 6) is -0.171. The minimum atomic E-state index is -0.171. The minimum Gasteiger partial charge on any atom is -0.321 e. The van der Waals surface area contributed by atoms with Gasteiger partial charge in [-0.3, -0.25) is 4.79 Å². The number of carbonyl (C=O) groups is 1. The Labute approximate surface area is 136 Å². The van der Waals surface area contributed by atoms with E-state index in [1.54, 1.807) is 12.1 Å². The first-order valence-electron chi connectivity index (χ1n) is 6.32. The van der Waals surface area contributed by atoms with E-state index in [1.807, 2.05) is 24.3 Å². The van der Waals surface area contributed by atoms with Gasteiger partial charge in [0.15, 0.2) is 0 Å². The van der Waals surface area contributed by atoms with Crippen molar-refractivity contribution in [1.29, 1.82) is 0 Å². The van der Waals surface area contributed by atoms with Gasteiger partial charge in [0.1, 0.15) is 5.15 Å². The van der Waals surface area contributed by atoms with Gasteiger partial charge in [-0.1, -0.05) is 37.1 Å². The molecule has 5 heteroatoms. The number of aryl methyl sites for hydroxylation is 1. The maximum atomic E-state index is 12.3. The third-order valence-corrected chi connectivity index (χ3v) is 3.87. The van der Waals surface area contributed by atoms with Crippen LogP contribution >= 0.6 is 34.2 Å². The number of anilines is 1. The second kappa shape index (κ2) is 7.04.